The lowest BCUT2D eigenvalue weighted by molar-refractivity contribution is -0.135. The Balaban J connectivity index is 1.29. The SMILES string of the molecule is CCCCOc1ccccc1C1CC2C(=O)N(Cc3nc(-c4ccccc4)oc3C)C=CN2N1. The topological polar surface area (TPSA) is 70.8 Å². The molecule has 2 unspecified atom stereocenters. The fraction of sp³-hybridized carbons (Fsp3) is 0.333. The normalized spacial score (nSPS) is 19.5. The second kappa shape index (κ2) is 9.73. The van der Waals surface area contributed by atoms with E-state index < -0.39 is 0 Å². The number of aryl methyl sites for hydroxylation is 1. The maximum Gasteiger partial charge on any atom is 0.251 e. The molecule has 1 aromatic heterocycles. The van der Waals surface area contributed by atoms with Gasteiger partial charge in [0.05, 0.1) is 19.2 Å². The van der Waals surface area contributed by atoms with Gasteiger partial charge in [-0.2, -0.15) is 0 Å². The van der Waals surface area contributed by atoms with Crippen LogP contribution in [0.5, 0.6) is 5.75 Å². The first-order valence-electron chi connectivity index (χ1n) is 11.9. The van der Waals surface area contributed by atoms with E-state index in [4.69, 9.17) is 9.15 Å². The fourth-order valence-electron chi connectivity index (χ4n) is 4.44. The zero-order chi connectivity index (χ0) is 23.5. The molecule has 0 aliphatic carbocycles. The van der Waals surface area contributed by atoms with Crippen LogP contribution in [-0.4, -0.2) is 33.4 Å². The average molecular weight is 459 g/mol. The minimum atomic E-state index is -0.278. The van der Waals surface area contributed by atoms with Crippen LogP contribution in [0.1, 0.15) is 49.2 Å². The summed E-state index contributed by atoms with van der Waals surface area (Å²) in [6.45, 7) is 5.12. The standard InChI is InChI=1S/C27H30N4O3/c1-3-4-16-33-25-13-9-8-12-21(25)22-17-24-27(32)30(14-15-31(24)29-22)18-23-19(2)34-26(28-23)20-10-6-5-7-11-20/h5-15,22,24,29H,3-4,16-18H2,1-2H3. The second-order valence-corrected chi connectivity index (χ2v) is 8.73. The van der Waals surface area contributed by atoms with Crippen LogP contribution in [0.2, 0.25) is 0 Å². The number of hydrazine groups is 1. The van der Waals surface area contributed by atoms with Gasteiger partial charge in [-0.1, -0.05) is 49.7 Å². The van der Waals surface area contributed by atoms with Crippen molar-refractivity contribution in [3.63, 3.8) is 0 Å². The number of ether oxygens (including phenoxy) is 1. The maximum atomic E-state index is 13.4. The lowest BCUT2D eigenvalue weighted by Gasteiger charge is -2.31. The van der Waals surface area contributed by atoms with Crippen LogP contribution in [-0.2, 0) is 11.3 Å². The summed E-state index contributed by atoms with van der Waals surface area (Å²) in [5, 5.41) is 1.91. The van der Waals surface area contributed by atoms with Crippen molar-refractivity contribution in [2.45, 2.75) is 51.7 Å². The van der Waals surface area contributed by atoms with Gasteiger partial charge in [0.15, 0.2) is 0 Å². The molecule has 3 aromatic rings. The van der Waals surface area contributed by atoms with Crippen LogP contribution in [0.15, 0.2) is 71.4 Å². The van der Waals surface area contributed by atoms with Crippen LogP contribution in [0.25, 0.3) is 11.5 Å². The summed E-state index contributed by atoms with van der Waals surface area (Å²) in [7, 11) is 0. The smallest absolute Gasteiger partial charge is 0.251 e. The van der Waals surface area contributed by atoms with Crippen molar-refractivity contribution in [1.29, 1.82) is 0 Å². The average Bonchev–Trinajstić information content (AvgIpc) is 3.46. The van der Waals surface area contributed by atoms with Gasteiger partial charge in [-0.3, -0.25) is 4.79 Å². The predicted molar refractivity (Wildman–Crippen MR) is 129 cm³/mol. The van der Waals surface area contributed by atoms with Crippen LogP contribution in [0.3, 0.4) is 0 Å². The van der Waals surface area contributed by atoms with Gasteiger partial charge in [0, 0.05) is 23.5 Å². The highest BCUT2D eigenvalue weighted by Gasteiger charge is 2.41. The van der Waals surface area contributed by atoms with Crippen molar-refractivity contribution in [3.05, 3.63) is 84.0 Å². The number of unbranched alkanes of at least 4 members (excludes halogenated alkanes) is 1. The minimum absolute atomic E-state index is 0.00912. The van der Waals surface area contributed by atoms with E-state index in [-0.39, 0.29) is 18.0 Å². The Labute approximate surface area is 200 Å². The van der Waals surface area contributed by atoms with Gasteiger partial charge in [0.1, 0.15) is 23.2 Å². The molecular weight excluding hydrogens is 428 g/mol. The number of carbonyl (C=O) groups excluding carboxylic acids is 1. The van der Waals surface area contributed by atoms with E-state index in [0.717, 1.165) is 41.2 Å². The molecule has 5 rings (SSSR count). The second-order valence-electron chi connectivity index (χ2n) is 8.73. The lowest BCUT2D eigenvalue weighted by atomic mass is 10.00. The molecule has 2 aliphatic heterocycles. The number of nitrogens with zero attached hydrogens (tertiary/aromatic N) is 3. The first-order valence-corrected chi connectivity index (χ1v) is 11.9. The van der Waals surface area contributed by atoms with Crippen LogP contribution in [0, 0.1) is 6.92 Å². The number of fused-ring (bicyclic) bond motifs is 1. The summed E-state index contributed by atoms with van der Waals surface area (Å²) in [6, 6.07) is 17.6. The van der Waals surface area contributed by atoms with Gasteiger partial charge in [0.2, 0.25) is 5.89 Å². The van der Waals surface area contributed by atoms with Crippen LogP contribution < -0.4 is 10.2 Å². The summed E-state index contributed by atoms with van der Waals surface area (Å²) >= 11 is 0. The number of carbonyl (C=O) groups is 1. The van der Waals surface area contributed by atoms with Gasteiger partial charge in [-0.05, 0) is 38.0 Å². The molecule has 1 amide bonds. The molecule has 0 bridgehead atoms. The Morgan fingerprint density at radius 2 is 1.91 bits per heavy atom. The molecule has 3 heterocycles. The molecular formula is C27H30N4O3. The third-order valence-electron chi connectivity index (χ3n) is 6.36. The van der Waals surface area contributed by atoms with E-state index in [1.807, 2.05) is 72.9 Å². The number of hydrogen-bond acceptors (Lipinski definition) is 6. The van der Waals surface area contributed by atoms with Gasteiger partial charge in [0.25, 0.3) is 5.91 Å². The van der Waals surface area contributed by atoms with Crippen molar-refractivity contribution >= 4 is 5.91 Å². The minimum Gasteiger partial charge on any atom is -0.493 e. The number of para-hydroxylation sites is 1. The highest BCUT2D eigenvalue weighted by atomic mass is 16.5. The molecule has 0 radical (unpaired) electrons. The van der Waals surface area contributed by atoms with Crippen molar-refractivity contribution in [3.8, 4) is 17.2 Å². The summed E-state index contributed by atoms with van der Waals surface area (Å²) in [4.78, 5) is 19.8. The number of hydrogen-bond donors (Lipinski definition) is 1. The third-order valence-corrected chi connectivity index (χ3v) is 6.36. The molecule has 2 aromatic carbocycles. The van der Waals surface area contributed by atoms with Crippen LogP contribution >= 0.6 is 0 Å². The summed E-state index contributed by atoms with van der Waals surface area (Å²) in [5.41, 5.74) is 6.25. The summed E-state index contributed by atoms with van der Waals surface area (Å²) in [6.07, 6.45) is 6.52. The van der Waals surface area contributed by atoms with E-state index in [9.17, 15) is 4.79 Å². The van der Waals surface area contributed by atoms with Crippen molar-refractivity contribution in [2.24, 2.45) is 0 Å². The van der Waals surface area contributed by atoms with Crippen molar-refractivity contribution < 1.29 is 13.9 Å². The Kier molecular flexibility index (Phi) is 6.36. The fourth-order valence-corrected chi connectivity index (χ4v) is 4.44. The third kappa shape index (κ3) is 4.43. The van der Waals surface area contributed by atoms with Gasteiger partial charge >= 0.3 is 0 Å². The molecule has 7 nitrogen and oxygen atoms in total. The highest BCUT2D eigenvalue weighted by molar-refractivity contribution is 5.84. The number of rotatable bonds is 8. The van der Waals surface area contributed by atoms with Crippen LogP contribution in [0.4, 0.5) is 0 Å². The predicted octanol–water partition coefficient (Wildman–Crippen LogP) is 4.96. The molecule has 1 N–H and O–H groups in total. The van der Waals surface area contributed by atoms with E-state index >= 15 is 0 Å². The zero-order valence-corrected chi connectivity index (χ0v) is 19.6. The summed E-state index contributed by atoms with van der Waals surface area (Å²) < 4.78 is 11.9. The quantitative estimate of drug-likeness (QED) is 0.481. The maximum absolute atomic E-state index is 13.4. The molecule has 0 spiro atoms. The Hall–Kier alpha value is -3.58. The first kappa shape index (κ1) is 22.2. The molecule has 1 fully saturated rings. The monoisotopic (exact) mass is 458 g/mol. The number of amides is 1. The zero-order valence-electron chi connectivity index (χ0n) is 19.6. The number of benzene rings is 2. The van der Waals surface area contributed by atoms with E-state index in [0.29, 0.717) is 25.5 Å². The first-order chi connectivity index (χ1) is 16.6. The molecule has 2 atom stereocenters. The highest BCUT2D eigenvalue weighted by Crippen LogP contribution is 2.35. The van der Waals surface area contributed by atoms with E-state index in [2.05, 4.69) is 23.4 Å². The number of oxazole rings is 1. The van der Waals surface area contributed by atoms with Crippen molar-refractivity contribution in [1.82, 2.24) is 20.3 Å². The number of aromatic nitrogens is 1. The molecule has 176 valence electrons. The Morgan fingerprint density at radius 3 is 2.74 bits per heavy atom. The largest absolute Gasteiger partial charge is 0.493 e. The summed E-state index contributed by atoms with van der Waals surface area (Å²) in [5.74, 6) is 2.23. The van der Waals surface area contributed by atoms with Gasteiger partial charge in [-0.15, -0.1) is 0 Å². The molecule has 34 heavy (non-hydrogen) atoms. The molecule has 7 heteroatoms. The molecule has 0 saturated carbocycles. The molecule has 1 saturated heterocycles. The van der Waals surface area contributed by atoms with E-state index in [1.54, 1.807) is 4.90 Å². The number of nitrogens with one attached hydrogen (secondary N) is 1. The van der Waals surface area contributed by atoms with E-state index in [1.165, 1.54) is 0 Å². The van der Waals surface area contributed by atoms with Crippen molar-refractivity contribution in [2.75, 3.05) is 6.61 Å². The van der Waals surface area contributed by atoms with Gasteiger partial charge in [-0.25, -0.2) is 10.4 Å². The lowest BCUT2D eigenvalue weighted by Crippen LogP contribution is -2.47. The molecule has 2 aliphatic rings. The Bertz CT molecular complexity index is 1170. The van der Waals surface area contributed by atoms with Gasteiger partial charge < -0.3 is 19.1 Å². The Morgan fingerprint density at radius 1 is 1.12 bits per heavy atom.